The smallest absolute Gasteiger partial charge is 0.396 e. The first-order valence-corrected chi connectivity index (χ1v) is 8.19. The van der Waals surface area contributed by atoms with E-state index in [1.54, 1.807) is 18.5 Å². The number of aliphatic hydroxyl groups excluding tert-OH is 1. The van der Waals surface area contributed by atoms with E-state index in [1.165, 1.54) is 12.1 Å². The minimum Gasteiger partial charge on any atom is -0.396 e. The lowest BCUT2D eigenvalue weighted by molar-refractivity contribution is -0.137. The molecular weight excluding hydrogens is 349 g/mol. The van der Waals surface area contributed by atoms with Crippen LogP contribution in [0.25, 0.3) is 0 Å². The summed E-state index contributed by atoms with van der Waals surface area (Å²) >= 11 is 0. The van der Waals surface area contributed by atoms with Gasteiger partial charge in [0.1, 0.15) is 12.0 Å². The Morgan fingerprint density at radius 2 is 1.96 bits per heavy atom. The molecular formula is C17H19F3N4O2. The summed E-state index contributed by atoms with van der Waals surface area (Å²) in [6.45, 7) is 3.40. The van der Waals surface area contributed by atoms with E-state index in [0.717, 1.165) is 12.1 Å². The van der Waals surface area contributed by atoms with E-state index in [0.29, 0.717) is 22.8 Å². The van der Waals surface area contributed by atoms with Crippen LogP contribution in [0, 0.1) is 0 Å². The van der Waals surface area contributed by atoms with E-state index in [-0.39, 0.29) is 31.0 Å². The lowest BCUT2D eigenvalue weighted by Crippen LogP contribution is -2.49. The summed E-state index contributed by atoms with van der Waals surface area (Å²) in [6.07, 6.45) is -4.51. The van der Waals surface area contributed by atoms with E-state index < -0.39 is 11.7 Å². The summed E-state index contributed by atoms with van der Waals surface area (Å²) < 4.78 is 39.8. The van der Waals surface area contributed by atoms with Crippen molar-refractivity contribution >= 4 is 5.91 Å². The predicted molar refractivity (Wildman–Crippen MR) is 88.3 cm³/mol. The van der Waals surface area contributed by atoms with Gasteiger partial charge < -0.3 is 15.8 Å². The van der Waals surface area contributed by atoms with Gasteiger partial charge in [0.25, 0.3) is 5.91 Å². The summed E-state index contributed by atoms with van der Waals surface area (Å²) in [4.78, 5) is 16.8. The summed E-state index contributed by atoms with van der Waals surface area (Å²) in [5.41, 5.74) is 3.76. The highest BCUT2D eigenvalue weighted by Crippen LogP contribution is 2.32. The highest BCUT2D eigenvalue weighted by molar-refractivity contribution is 5.95. The van der Waals surface area contributed by atoms with Gasteiger partial charge in [0.15, 0.2) is 5.69 Å². The van der Waals surface area contributed by atoms with Crippen molar-refractivity contribution < 1.29 is 23.1 Å². The molecule has 9 heteroatoms. The number of aromatic nitrogens is 2. The number of rotatable bonds is 4. The molecule has 1 aromatic heterocycles. The topological polar surface area (TPSA) is 79.2 Å². The minimum absolute atomic E-state index is 0.166. The van der Waals surface area contributed by atoms with Gasteiger partial charge >= 0.3 is 6.18 Å². The molecule has 1 aliphatic rings. The Kier molecular flexibility index (Phi) is 4.66. The Bertz CT molecular complexity index is 815. The van der Waals surface area contributed by atoms with E-state index in [4.69, 9.17) is 0 Å². The van der Waals surface area contributed by atoms with Gasteiger partial charge in [-0.15, -0.1) is 0 Å². The summed E-state index contributed by atoms with van der Waals surface area (Å²) in [6, 6.07) is 4.88. The van der Waals surface area contributed by atoms with Crippen LogP contribution < -0.4 is 10.7 Å². The molecule has 26 heavy (non-hydrogen) atoms. The number of nitrogens with one attached hydrogen (secondary N) is 2. The molecule has 1 amide bonds. The Morgan fingerprint density at radius 3 is 2.54 bits per heavy atom. The zero-order valence-corrected chi connectivity index (χ0v) is 14.3. The summed E-state index contributed by atoms with van der Waals surface area (Å²) in [5, 5.41) is 12.0. The fraction of sp³-hybridized carbons (Fsp3) is 0.412. The molecule has 0 radical (unpaired) electrons. The highest BCUT2D eigenvalue weighted by atomic mass is 19.4. The Hall–Kier alpha value is -2.55. The number of carbonyl (C=O) groups is 1. The maximum Gasteiger partial charge on any atom is 0.416 e. The third-order valence-corrected chi connectivity index (χ3v) is 4.33. The number of imidazole rings is 1. The van der Waals surface area contributed by atoms with Crippen LogP contribution in [0.1, 0.15) is 52.9 Å². The second kappa shape index (κ2) is 6.64. The zero-order chi connectivity index (χ0) is 19.1. The van der Waals surface area contributed by atoms with E-state index in [2.05, 4.69) is 15.7 Å². The Labute approximate surface area is 148 Å². The van der Waals surface area contributed by atoms with Crippen LogP contribution in [0.2, 0.25) is 0 Å². The minimum atomic E-state index is -4.39. The number of benzene rings is 1. The molecule has 0 fully saturated rings. The largest absolute Gasteiger partial charge is 0.416 e. The van der Waals surface area contributed by atoms with Crippen LogP contribution in [0.5, 0.6) is 0 Å². The van der Waals surface area contributed by atoms with E-state index >= 15 is 0 Å². The fourth-order valence-corrected chi connectivity index (χ4v) is 3.02. The third kappa shape index (κ3) is 3.26. The maximum absolute atomic E-state index is 12.7. The van der Waals surface area contributed by atoms with Crippen molar-refractivity contribution in [3.63, 3.8) is 0 Å². The van der Waals surface area contributed by atoms with Gasteiger partial charge in [-0.2, -0.15) is 13.2 Å². The zero-order valence-electron chi connectivity index (χ0n) is 14.3. The molecule has 0 saturated heterocycles. The molecule has 3 rings (SSSR count). The number of aliphatic hydroxyl groups is 1. The van der Waals surface area contributed by atoms with Gasteiger partial charge in [0.05, 0.1) is 11.3 Å². The van der Waals surface area contributed by atoms with Gasteiger partial charge in [-0.3, -0.25) is 4.79 Å². The molecule has 1 unspecified atom stereocenters. The van der Waals surface area contributed by atoms with Crippen molar-refractivity contribution in [1.29, 1.82) is 0 Å². The number of amides is 1. The van der Waals surface area contributed by atoms with Gasteiger partial charge in [-0.05, 0) is 24.6 Å². The Morgan fingerprint density at radius 1 is 1.31 bits per heavy atom. The number of nitrogens with zero attached hydrogens (tertiary/aromatic N) is 2. The van der Waals surface area contributed by atoms with Crippen molar-refractivity contribution in [3.05, 3.63) is 52.6 Å². The number of hydrogen-bond donors (Lipinski definition) is 3. The number of carbonyl (C=O) groups excluding carboxylic acids is 1. The van der Waals surface area contributed by atoms with Crippen LogP contribution in [-0.4, -0.2) is 33.4 Å². The standard InChI is InChI=1S/C17H19F3N4O2/c1-9(11-3-5-12(6-4-11)17(18,19)20)15-22-13(7-8-25)14-16(26)21-10(2)23-24(14)15/h3-6,9-10,23,25H,7-8H2,1-2H3,(H,21,26)/t9-,10?/m1/s1. The molecule has 2 heterocycles. The third-order valence-electron chi connectivity index (χ3n) is 4.33. The second-order valence-corrected chi connectivity index (χ2v) is 6.24. The van der Waals surface area contributed by atoms with Gasteiger partial charge in [-0.25, -0.2) is 9.66 Å². The SMILES string of the molecule is CC1NC(=O)c2c(CCO)nc([C@H](C)c3ccc(C(F)(F)F)cc3)n2N1. The van der Waals surface area contributed by atoms with Gasteiger partial charge in [0.2, 0.25) is 0 Å². The Balaban J connectivity index is 2.01. The first kappa shape index (κ1) is 18.2. The number of hydrogen-bond acceptors (Lipinski definition) is 4. The fourth-order valence-electron chi connectivity index (χ4n) is 3.02. The van der Waals surface area contributed by atoms with Crippen LogP contribution >= 0.6 is 0 Å². The monoisotopic (exact) mass is 368 g/mol. The number of halogens is 3. The second-order valence-electron chi connectivity index (χ2n) is 6.24. The van der Waals surface area contributed by atoms with Gasteiger partial charge in [0, 0.05) is 18.9 Å². The van der Waals surface area contributed by atoms with E-state index in [1.807, 2.05) is 0 Å². The molecule has 2 atom stereocenters. The number of alkyl halides is 3. The average molecular weight is 368 g/mol. The van der Waals surface area contributed by atoms with Crippen molar-refractivity contribution in [1.82, 2.24) is 15.0 Å². The molecule has 1 aromatic carbocycles. The molecule has 6 nitrogen and oxygen atoms in total. The van der Waals surface area contributed by atoms with Crippen molar-refractivity contribution in [3.8, 4) is 0 Å². The van der Waals surface area contributed by atoms with Crippen LogP contribution in [-0.2, 0) is 12.6 Å². The van der Waals surface area contributed by atoms with Crippen molar-refractivity contribution in [2.45, 2.75) is 38.5 Å². The normalized spacial score (nSPS) is 18.1. The molecule has 2 aromatic rings. The molecule has 0 spiro atoms. The molecule has 1 aliphatic heterocycles. The highest BCUT2D eigenvalue weighted by Gasteiger charge is 2.32. The summed E-state index contributed by atoms with van der Waals surface area (Å²) in [7, 11) is 0. The lowest BCUT2D eigenvalue weighted by Gasteiger charge is -2.27. The lowest BCUT2D eigenvalue weighted by atomic mass is 9.99. The predicted octanol–water partition coefficient (Wildman–Crippen LogP) is 2.22. The quantitative estimate of drug-likeness (QED) is 0.773. The number of fused-ring (bicyclic) bond motifs is 1. The average Bonchev–Trinajstić information content (AvgIpc) is 2.92. The molecule has 3 N–H and O–H groups in total. The van der Waals surface area contributed by atoms with Crippen LogP contribution in [0.3, 0.4) is 0 Å². The first-order valence-electron chi connectivity index (χ1n) is 8.19. The molecule has 0 bridgehead atoms. The van der Waals surface area contributed by atoms with Crippen LogP contribution in [0.15, 0.2) is 24.3 Å². The molecule has 140 valence electrons. The van der Waals surface area contributed by atoms with E-state index in [9.17, 15) is 23.1 Å². The maximum atomic E-state index is 12.7. The molecule has 0 saturated carbocycles. The first-order chi connectivity index (χ1) is 12.2. The van der Waals surface area contributed by atoms with Crippen LogP contribution in [0.4, 0.5) is 13.2 Å². The van der Waals surface area contributed by atoms with Crippen molar-refractivity contribution in [2.75, 3.05) is 12.0 Å². The summed E-state index contributed by atoms with van der Waals surface area (Å²) in [5.74, 6) is -0.156. The molecule has 0 aliphatic carbocycles. The van der Waals surface area contributed by atoms with Gasteiger partial charge in [-0.1, -0.05) is 19.1 Å². The van der Waals surface area contributed by atoms with Crippen molar-refractivity contribution in [2.24, 2.45) is 0 Å².